The summed E-state index contributed by atoms with van der Waals surface area (Å²) >= 11 is 0. The van der Waals surface area contributed by atoms with Gasteiger partial charge in [-0.15, -0.1) is 12.4 Å². The van der Waals surface area contributed by atoms with Gasteiger partial charge >= 0.3 is 0 Å². The molecule has 0 bridgehead atoms. The second kappa shape index (κ2) is 6.08. The third-order valence-electron chi connectivity index (χ3n) is 3.82. The molecule has 0 spiro atoms. The minimum Gasteiger partial charge on any atom is -0.392 e. The van der Waals surface area contributed by atoms with Crippen LogP contribution in [0.3, 0.4) is 0 Å². The van der Waals surface area contributed by atoms with Crippen LogP contribution in [0, 0.1) is 5.82 Å². The Morgan fingerprint density at radius 3 is 2.85 bits per heavy atom. The molecule has 1 aliphatic heterocycles. The van der Waals surface area contributed by atoms with E-state index in [-0.39, 0.29) is 42.1 Å². The highest BCUT2D eigenvalue weighted by molar-refractivity contribution is 5.85. The molecule has 1 aromatic carbocycles. The quantitative estimate of drug-likeness (QED) is 0.779. The highest BCUT2D eigenvalue weighted by Gasteiger charge is 2.41. The van der Waals surface area contributed by atoms with Gasteiger partial charge < -0.3 is 15.7 Å². The number of carbonyl (C=O) groups is 1. The van der Waals surface area contributed by atoms with Crippen molar-refractivity contribution in [2.45, 2.75) is 36.9 Å². The number of β-amino-alcohol motifs (C(OH)–C–C–N with tert-alkyl or cyclic N) is 1. The fourth-order valence-corrected chi connectivity index (χ4v) is 2.66. The van der Waals surface area contributed by atoms with Crippen molar-refractivity contribution in [1.82, 2.24) is 10.6 Å². The smallest absolute Gasteiger partial charge is 0.237 e. The predicted octanol–water partition coefficient (Wildman–Crippen LogP) is 0.942. The van der Waals surface area contributed by atoms with E-state index in [0.717, 1.165) is 12.0 Å². The molecular weight excluding hydrogens is 283 g/mol. The lowest BCUT2D eigenvalue weighted by Crippen LogP contribution is -2.41. The first-order chi connectivity index (χ1) is 9.13. The van der Waals surface area contributed by atoms with Gasteiger partial charge in [0.25, 0.3) is 0 Å². The lowest BCUT2D eigenvalue weighted by molar-refractivity contribution is -0.123. The van der Waals surface area contributed by atoms with Gasteiger partial charge in [0, 0.05) is 18.5 Å². The van der Waals surface area contributed by atoms with Crippen LogP contribution in [0.4, 0.5) is 4.39 Å². The molecule has 6 heteroatoms. The molecule has 1 aliphatic carbocycles. The first-order valence-electron chi connectivity index (χ1n) is 6.61. The van der Waals surface area contributed by atoms with Crippen LogP contribution >= 0.6 is 12.4 Å². The first kappa shape index (κ1) is 15.2. The van der Waals surface area contributed by atoms with Crippen molar-refractivity contribution in [2.75, 3.05) is 6.54 Å². The van der Waals surface area contributed by atoms with Crippen LogP contribution in [0.5, 0.6) is 0 Å². The Hall–Kier alpha value is -1.17. The molecule has 3 N–H and O–H groups in total. The van der Waals surface area contributed by atoms with Crippen LogP contribution in [0.25, 0.3) is 0 Å². The highest BCUT2D eigenvalue weighted by Crippen LogP contribution is 2.40. The number of aliphatic hydroxyl groups excluding tert-OH is 1. The van der Waals surface area contributed by atoms with Crippen molar-refractivity contribution in [3.8, 4) is 0 Å². The molecule has 1 saturated carbocycles. The molecule has 20 heavy (non-hydrogen) atoms. The fraction of sp³-hybridized carbons (Fsp3) is 0.500. The van der Waals surface area contributed by atoms with Crippen molar-refractivity contribution >= 4 is 18.3 Å². The van der Waals surface area contributed by atoms with E-state index in [4.69, 9.17) is 0 Å². The molecule has 1 amide bonds. The molecule has 4 nitrogen and oxygen atoms in total. The molecule has 1 heterocycles. The van der Waals surface area contributed by atoms with Crippen LogP contribution < -0.4 is 10.6 Å². The molecule has 4 atom stereocenters. The van der Waals surface area contributed by atoms with E-state index in [9.17, 15) is 14.3 Å². The van der Waals surface area contributed by atoms with Crippen molar-refractivity contribution in [3.05, 3.63) is 35.6 Å². The van der Waals surface area contributed by atoms with Gasteiger partial charge in [-0.2, -0.15) is 0 Å². The predicted molar refractivity (Wildman–Crippen MR) is 75.4 cm³/mol. The van der Waals surface area contributed by atoms with Crippen LogP contribution in [0.1, 0.15) is 24.3 Å². The van der Waals surface area contributed by atoms with E-state index in [1.165, 1.54) is 12.1 Å². The van der Waals surface area contributed by atoms with Gasteiger partial charge in [-0.05, 0) is 30.5 Å². The standard InChI is InChI=1S/C14H17FN2O2.ClH/c15-9-3-1-2-8(4-9)11-6-12(11)17-14(19)13-5-10(18)7-16-13;/h1-4,10-13,16,18H,5-7H2,(H,17,19);1H. The number of aliphatic hydroxyl groups is 1. The molecule has 1 saturated heterocycles. The van der Waals surface area contributed by atoms with Crippen LogP contribution in [0.2, 0.25) is 0 Å². The number of amides is 1. The van der Waals surface area contributed by atoms with Gasteiger partial charge in [0.1, 0.15) is 5.82 Å². The van der Waals surface area contributed by atoms with E-state index in [0.29, 0.717) is 13.0 Å². The van der Waals surface area contributed by atoms with Gasteiger partial charge in [0.2, 0.25) is 5.91 Å². The van der Waals surface area contributed by atoms with Crippen molar-refractivity contribution < 1.29 is 14.3 Å². The van der Waals surface area contributed by atoms with Gasteiger partial charge in [-0.3, -0.25) is 4.79 Å². The number of rotatable bonds is 3. The number of benzene rings is 1. The second-order valence-electron chi connectivity index (χ2n) is 5.36. The molecule has 3 rings (SSSR count). The SMILES string of the molecule is Cl.O=C(NC1CC1c1cccc(F)c1)C1CC(O)CN1. The summed E-state index contributed by atoms with van der Waals surface area (Å²) in [6.07, 6.45) is 0.877. The average Bonchev–Trinajstić information content (AvgIpc) is 3.00. The summed E-state index contributed by atoms with van der Waals surface area (Å²) in [6.45, 7) is 0.468. The monoisotopic (exact) mass is 300 g/mol. The maximum absolute atomic E-state index is 13.1. The van der Waals surface area contributed by atoms with Crippen LogP contribution in [0.15, 0.2) is 24.3 Å². The number of hydrogen-bond acceptors (Lipinski definition) is 3. The zero-order valence-electron chi connectivity index (χ0n) is 10.9. The molecule has 4 unspecified atom stereocenters. The molecule has 1 aromatic rings. The summed E-state index contributed by atoms with van der Waals surface area (Å²) in [5, 5.41) is 15.3. The zero-order chi connectivity index (χ0) is 13.4. The number of nitrogens with one attached hydrogen (secondary N) is 2. The summed E-state index contributed by atoms with van der Waals surface area (Å²) < 4.78 is 13.1. The van der Waals surface area contributed by atoms with Gasteiger partial charge in [0.15, 0.2) is 0 Å². The van der Waals surface area contributed by atoms with E-state index < -0.39 is 6.10 Å². The summed E-state index contributed by atoms with van der Waals surface area (Å²) in [5.41, 5.74) is 0.935. The van der Waals surface area contributed by atoms with E-state index in [2.05, 4.69) is 10.6 Å². The Labute approximate surface area is 123 Å². The molecule has 110 valence electrons. The minimum atomic E-state index is -0.436. The van der Waals surface area contributed by atoms with E-state index in [1.807, 2.05) is 6.07 Å². The van der Waals surface area contributed by atoms with Crippen molar-refractivity contribution in [3.63, 3.8) is 0 Å². The number of hydrogen-bond donors (Lipinski definition) is 3. The van der Waals surface area contributed by atoms with E-state index in [1.54, 1.807) is 6.07 Å². The summed E-state index contributed by atoms with van der Waals surface area (Å²) in [7, 11) is 0. The largest absolute Gasteiger partial charge is 0.392 e. The number of halogens is 2. The zero-order valence-corrected chi connectivity index (χ0v) is 11.7. The first-order valence-corrected chi connectivity index (χ1v) is 6.61. The third kappa shape index (κ3) is 3.29. The second-order valence-corrected chi connectivity index (χ2v) is 5.36. The molecular formula is C14H18ClFN2O2. The Balaban J connectivity index is 0.00000147. The summed E-state index contributed by atoms with van der Waals surface area (Å²) in [6, 6.07) is 6.31. The molecule has 2 fully saturated rings. The maximum atomic E-state index is 13.1. The van der Waals surface area contributed by atoms with Crippen molar-refractivity contribution in [1.29, 1.82) is 0 Å². The van der Waals surface area contributed by atoms with Gasteiger partial charge in [0.05, 0.1) is 12.1 Å². The topological polar surface area (TPSA) is 61.4 Å². The van der Waals surface area contributed by atoms with Gasteiger partial charge in [-0.1, -0.05) is 12.1 Å². The lowest BCUT2D eigenvalue weighted by atomic mass is 10.1. The molecule has 2 aliphatic rings. The molecule has 0 aromatic heterocycles. The van der Waals surface area contributed by atoms with E-state index >= 15 is 0 Å². The average molecular weight is 301 g/mol. The highest BCUT2D eigenvalue weighted by atomic mass is 35.5. The van der Waals surface area contributed by atoms with Crippen LogP contribution in [-0.2, 0) is 4.79 Å². The Kier molecular flexibility index (Phi) is 4.62. The minimum absolute atomic E-state index is 0. The molecule has 0 radical (unpaired) electrons. The normalized spacial score (nSPS) is 31.5. The van der Waals surface area contributed by atoms with Crippen molar-refractivity contribution in [2.24, 2.45) is 0 Å². The summed E-state index contributed by atoms with van der Waals surface area (Å²) in [5.74, 6) is -0.0958. The van der Waals surface area contributed by atoms with Crippen LogP contribution in [-0.4, -0.2) is 35.7 Å². The maximum Gasteiger partial charge on any atom is 0.237 e. The fourth-order valence-electron chi connectivity index (χ4n) is 2.66. The van der Waals surface area contributed by atoms with Gasteiger partial charge in [-0.25, -0.2) is 4.39 Å². The Bertz CT molecular complexity index is 500. The third-order valence-corrected chi connectivity index (χ3v) is 3.82. The lowest BCUT2D eigenvalue weighted by Gasteiger charge is -2.10. The Morgan fingerprint density at radius 1 is 1.40 bits per heavy atom. The number of carbonyl (C=O) groups excluding carboxylic acids is 1. The Morgan fingerprint density at radius 2 is 2.20 bits per heavy atom. The summed E-state index contributed by atoms with van der Waals surface area (Å²) in [4.78, 5) is 11.9.